The fourth-order valence-corrected chi connectivity index (χ4v) is 1.36. The summed E-state index contributed by atoms with van der Waals surface area (Å²) >= 11 is 0. The summed E-state index contributed by atoms with van der Waals surface area (Å²) in [5.41, 5.74) is -1.36. The van der Waals surface area contributed by atoms with Crippen molar-refractivity contribution >= 4 is 5.97 Å². The first-order valence-corrected chi connectivity index (χ1v) is 4.99. The van der Waals surface area contributed by atoms with E-state index in [4.69, 9.17) is 10.00 Å². The lowest BCUT2D eigenvalue weighted by atomic mass is 10.1. The quantitative estimate of drug-likeness (QED) is 0.771. The van der Waals surface area contributed by atoms with Gasteiger partial charge in [0.05, 0.1) is 24.8 Å². The summed E-state index contributed by atoms with van der Waals surface area (Å²) in [6.07, 6.45) is -2.05. The molecule has 0 bridgehead atoms. The maximum absolute atomic E-state index is 12.9. The Kier molecular flexibility index (Phi) is 4.54. The molecule has 96 valence electrons. The van der Waals surface area contributed by atoms with Crippen molar-refractivity contribution in [1.82, 2.24) is 4.98 Å². The summed E-state index contributed by atoms with van der Waals surface area (Å²) in [6.45, 7) is 1.65. The van der Waals surface area contributed by atoms with Crippen LogP contribution in [-0.4, -0.2) is 24.7 Å². The second-order valence-electron chi connectivity index (χ2n) is 3.10. The molecule has 0 atom stereocenters. The zero-order valence-corrected chi connectivity index (χ0v) is 9.74. The van der Waals surface area contributed by atoms with Crippen LogP contribution in [-0.2, 0) is 4.74 Å². The lowest BCUT2D eigenvalue weighted by Gasteiger charge is -2.12. The highest BCUT2D eigenvalue weighted by Crippen LogP contribution is 2.34. The SMILES string of the molecule is CCOC(=O)c1ncc(C#N)c(C(F)F)c1OC. The van der Waals surface area contributed by atoms with E-state index < -0.39 is 23.7 Å². The largest absolute Gasteiger partial charge is 0.494 e. The monoisotopic (exact) mass is 256 g/mol. The Morgan fingerprint density at radius 1 is 1.61 bits per heavy atom. The average molecular weight is 256 g/mol. The van der Waals surface area contributed by atoms with Gasteiger partial charge in [-0.3, -0.25) is 0 Å². The van der Waals surface area contributed by atoms with Crippen LogP contribution in [0.3, 0.4) is 0 Å². The molecule has 1 heterocycles. The molecule has 0 radical (unpaired) electrons. The number of alkyl halides is 2. The summed E-state index contributed by atoms with van der Waals surface area (Å²) in [4.78, 5) is 15.1. The molecule has 0 aliphatic rings. The van der Waals surface area contributed by atoms with Gasteiger partial charge in [-0.15, -0.1) is 0 Å². The molecular weight excluding hydrogens is 246 g/mol. The Balaban J connectivity index is 3.43. The Bertz CT molecular complexity index is 498. The van der Waals surface area contributed by atoms with E-state index in [0.29, 0.717) is 0 Å². The Labute approximate surface area is 102 Å². The van der Waals surface area contributed by atoms with Crippen LogP contribution in [0.25, 0.3) is 0 Å². The third-order valence-electron chi connectivity index (χ3n) is 2.08. The molecule has 0 N–H and O–H groups in total. The molecule has 0 amide bonds. The average Bonchev–Trinajstić information content (AvgIpc) is 2.36. The van der Waals surface area contributed by atoms with Gasteiger partial charge in [0.1, 0.15) is 6.07 Å². The second kappa shape index (κ2) is 5.91. The van der Waals surface area contributed by atoms with Gasteiger partial charge < -0.3 is 9.47 Å². The molecule has 5 nitrogen and oxygen atoms in total. The minimum absolute atomic E-state index is 0.0771. The van der Waals surface area contributed by atoms with E-state index in [2.05, 4.69) is 9.72 Å². The smallest absolute Gasteiger partial charge is 0.360 e. The minimum atomic E-state index is -2.95. The normalized spacial score (nSPS) is 10.0. The Hall–Kier alpha value is -2.23. The first-order valence-electron chi connectivity index (χ1n) is 4.99. The van der Waals surface area contributed by atoms with Crippen molar-refractivity contribution in [3.63, 3.8) is 0 Å². The first kappa shape index (κ1) is 13.8. The third kappa shape index (κ3) is 2.53. The maximum Gasteiger partial charge on any atom is 0.360 e. The standard InChI is InChI=1S/C11H10F2N2O3/c1-3-18-11(16)8-9(17-2)7(10(12)13)6(4-14)5-15-8/h5,10H,3H2,1-2H3. The number of methoxy groups -OCH3 is 1. The molecule has 0 aliphatic heterocycles. The maximum atomic E-state index is 12.9. The molecule has 0 fully saturated rings. The molecule has 0 spiro atoms. The Morgan fingerprint density at radius 2 is 2.28 bits per heavy atom. The minimum Gasteiger partial charge on any atom is -0.494 e. The van der Waals surface area contributed by atoms with Crippen LogP contribution in [0.5, 0.6) is 5.75 Å². The molecule has 0 aromatic carbocycles. The van der Waals surface area contributed by atoms with Crippen molar-refractivity contribution in [3.05, 3.63) is 23.0 Å². The van der Waals surface area contributed by atoms with Crippen LogP contribution in [0.4, 0.5) is 8.78 Å². The van der Waals surface area contributed by atoms with Gasteiger partial charge in [0.25, 0.3) is 6.43 Å². The predicted molar refractivity (Wildman–Crippen MR) is 56.4 cm³/mol. The highest BCUT2D eigenvalue weighted by atomic mass is 19.3. The van der Waals surface area contributed by atoms with Crippen LogP contribution in [0.2, 0.25) is 0 Å². The number of carbonyl (C=O) groups excluding carboxylic acids is 1. The summed E-state index contributed by atoms with van der Waals surface area (Å²) < 4.78 is 35.2. The van der Waals surface area contributed by atoms with Crippen molar-refractivity contribution in [2.45, 2.75) is 13.3 Å². The summed E-state index contributed by atoms with van der Waals surface area (Å²) in [6, 6.07) is 1.58. The van der Waals surface area contributed by atoms with Gasteiger partial charge in [-0.2, -0.15) is 5.26 Å². The van der Waals surface area contributed by atoms with Crippen LogP contribution in [0.15, 0.2) is 6.20 Å². The number of nitriles is 1. The topological polar surface area (TPSA) is 72.2 Å². The van der Waals surface area contributed by atoms with Gasteiger partial charge in [-0.1, -0.05) is 0 Å². The molecule has 1 rings (SSSR count). The van der Waals surface area contributed by atoms with E-state index in [0.717, 1.165) is 13.3 Å². The fourth-order valence-electron chi connectivity index (χ4n) is 1.36. The predicted octanol–water partition coefficient (Wildman–Crippen LogP) is 2.08. The number of rotatable bonds is 4. The van der Waals surface area contributed by atoms with E-state index in [1.807, 2.05) is 0 Å². The number of esters is 1. The molecule has 7 heteroatoms. The number of hydrogen-bond acceptors (Lipinski definition) is 5. The molecule has 0 unspecified atom stereocenters. The van der Waals surface area contributed by atoms with Gasteiger partial charge in [0.15, 0.2) is 11.4 Å². The summed E-state index contributed by atoms with van der Waals surface area (Å²) in [5, 5.41) is 8.73. The van der Waals surface area contributed by atoms with E-state index in [9.17, 15) is 13.6 Å². The summed E-state index contributed by atoms with van der Waals surface area (Å²) in [7, 11) is 1.12. The highest BCUT2D eigenvalue weighted by molar-refractivity contribution is 5.91. The number of pyridine rings is 1. The van der Waals surface area contributed by atoms with Gasteiger partial charge in [-0.05, 0) is 6.92 Å². The van der Waals surface area contributed by atoms with E-state index in [-0.39, 0.29) is 17.9 Å². The molecule has 18 heavy (non-hydrogen) atoms. The molecule has 0 saturated carbocycles. The van der Waals surface area contributed by atoms with Gasteiger partial charge in [0.2, 0.25) is 0 Å². The van der Waals surface area contributed by atoms with Gasteiger partial charge >= 0.3 is 5.97 Å². The van der Waals surface area contributed by atoms with E-state index >= 15 is 0 Å². The highest BCUT2D eigenvalue weighted by Gasteiger charge is 2.26. The van der Waals surface area contributed by atoms with Crippen LogP contribution >= 0.6 is 0 Å². The number of nitrogens with zero attached hydrogens (tertiary/aromatic N) is 2. The van der Waals surface area contributed by atoms with Crippen LogP contribution in [0.1, 0.15) is 35.0 Å². The molecule has 1 aromatic rings. The van der Waals surface area contributed by atoms with Crippen molar-refractivity contribution < 1.29 is 23.0 Å². The Morgan fingerprint density at radius 3 is 2.72 bits per heavy atom. The summed E-state index contributed by atoms with van der Waals surface area (Å²) in [5.74, 6) is -1.30. The number of ether oxygens (including phenoxy) is 2. The molecule has 1 aromatic heterocycles. The van der Waals surface area contributed by atoms with Crippen molar-refractivity contribution in [3.8, 4) is 11.8 Å². The number of aromatic nitrogens is 1. The van der Waals surface area contributed by atoms with Crippen molar-refractivity contribution in [2.24, 2.45) is 0 Å². The third-order valence-corrected chi connectivity index (χ3v) is 2.08. The number of hydrogen-bond donors (Lipinski definition) is 0. The van der Waals surface area contributed by atoms with E-state index in [1.165, 1.54) is 0 Å². The fraction of sp³-hybridized carbons (Fsp3) is 0.364. The van der Waals surface area contributed by atoms with Crippen molar-refractivity contribution in [1.29, 1.82) is 5.26 Å². The molecule has 0 saturated heterocycles. The lowest BCUT2D eigenvalue weighted by Crippen LogP contribution is -2.12. The second-order valence-corrected chi connectivity index (χ2v) is 3.10. The molecular formula is C11H10F2N2O3. The van der Waals surface area contributed by atoms with Crippen LogP contribution < -0.4 is 4.74 Å². The van der Waals surface area contributed by atoms with Gasteiger partial charge in [0, 0.05) is 6.20 Å². The van der Waals surface area contributed by atoms with Gasteiger partial charge in [-0.25, -0.2) is 18.6 Å². The first-order chi connectivity index (χ1) is 8.56. The number of halogens is 2. The molecule has 0 aliphatic carbocycles. The zero-order chi connectivity index (χ0) is 13.7. The van der Waals surface area contributed by atoms with E-state index in [1.54, 1.807) is 13.0 Å². The zero-order valence-electron chi connectivity index (χ0n) is 9.74. The van der Waals surface area contributed by atoms with Crippen molar-refractivity contribution in [2.75, 3.05) is 13.7 Å². The number of carbonyl (C=O) groups is 1. The lowest BCUT2D eigenvalue weighted by molar-refractivity contribution is 0.0514. The van der Waals surface area contributed by atoms with Crippen LogP contribution in [0, 0.1) is 11.3 Å².